The average molecular weight is 418 g/mol. The summed E-state index contributed by atoms with van der Waals surface area (Å²) in [4.78, 5) is 4.86. The van der Waals surface area contributed by atoms with E-state index in [0.717, 1.165) is 5.69 Å². The van der Waals surface area contributed by atoms with E-state index in [1.807, 2.05) is 43.2 Å². The highest BCUT2D eigenvalue weighted by molar-refractivity contribution is 7.89. The maximum atomic E-state index is 13.6. The normalized spacial score (nSPS) is 22.2. The van der Waals surface area contributed by atoms with Crippen LogP contribution in [0.5, 0.6) is 0 Å². The molecule has 2 heterocycles. The molecule has 1 aliphatic rings. The van der Waals surface area contributed by atoms with Gasteiger partial charge in [-0.25, -0.2) is 8.42 Å². The highest BCUT2D eigenvalue weighted by Crippen LogP contribution is 2.42. The Balaban J connectivity index is 2.24. The molecule has 1 saturated heterocycles. The molecule has 0 amide bonds. The molecule has 0 saturated carbocycles. The molecule has 0 spiro atoms. The quantitative estimate of drug-likeness (QED) is 0.777. The number of hydrogen-bond donors (Lipinski definition) is 1. The van der Waals surface area contributed by atoms with Gasteiger partial charge in [0.2, 0.25) is 0 Å². The molecule has 2 aromatic rings. The number of nitrogens with one attached hydrogen (secondary N) is 1. The van der Waals surface area contributed by atoms with E-state index in [4.69, 9.17) is 0 Å². The van der Waals surface area contributed by atoms with Crippen molar-refractivity contribution in [2.24, 2.45) is 5.92 Å². The van der Waals surface area contributed by atoms with Crippen molar-refractivity contribution in [3.05, 3.63) is 60.4 Å². The molecule has 1 aromatic carbocycles. The number of nitrogens with zero attached hydrogens (tertiary/aromatic N) is 4. The van der Waals surface area contributed by atoms with Crippen LogP contribution in [0.2, 0.25) is 0 Å². The molecule has 1 aromatic heterocycles. The van der Waals surface area contributed by atoms with Gasteiger partial charge in [-0.3, -0.25) is 4.98 Å². The molecule has 158 valence electrons. The number of hydrogen-bond acceptors (Lipinski definition) is 6. The summed E-state index contributed by atoms with van der Waals surface area (Å²) in [6.45, 7) is 12.3. The summed E-state index contributed by atoms with van der Waals surface area (Å²) in [7, 11) is -3.83. The lowest BCUT2D eigenvalue weighted by molar-refractivity contribution is -0.163. The van der Waals surface area contributed by atoms with Crippen LogP contribution < -0.4 is 5.43 Å². The van der Waals surface area contributed by atoms with Gasteiger partial charge < -0.3 is 0 Å². The van der Waals surface area contributed by atoms with Crippen molar-refractivity contribution in [3.63, 3.8) is 0 Å². The molecular formula is C21H31N5O2S. The molecule has 0 radical (unpaired) electrons. The Morgan fingerprint density at radius 3 is 2.00 bits per heavy atom. The Kier molecular flexibility index (Phi) is 6.12. The second-order valence-corrected chi connectivity index (χ2v) is 9.93. The van der Waals surface area contributed by atoms with E-state index in [9.17, 15) is 8.42 Å². The van der Waals surface area contributed by atoms with Gasteiger partial charge in [0.05, 0.1) is 10.6 Å². The summed E-state index contributed by atoms with van der Waals surface area (Å²) in [6, 6.07) is 14.2. The van der Waals surface area contributed by atoms with Gasteiger partial charge in [-0.2, -0.15) is 10.4 Å². The van der Waals surface area contributed by atoms with Crippen molar-refractivity contribution in [2.45, 2.75) is 64.2 Å². The van der Waals surface area contributed by atoms with E-state index in [0.29, 0.717) is 0 Å². The highest BCUT2D eigenvalue weighted by atomic mass is 32.2. The lowest BCUT2D eigenvalue weighted by Crippen LogP contribution is -2.59. The maximum absolute atomic E-state index is 13.6. The topological polar surface area (TPSA) is 68.8 Å². The molecule has 1 unspecified atom stereocenters. The van der Waals surface area contributed by atoms with Gasteiger partial charge >= 0.3 is 0 Å². The third kappa shape index (κ3) is 3.60. The van der Waals surface area contributed by atoms with Crippen molar-refractivity contribution in [2.75, 3.05) is 0 Å². The van der Waals surface area contributed by atoms with E-state index in [1.165, 1.54) is 4.52 Å². The van der Waals surface area contributed by atoms with Crippen LogP contribution in [0, 0.1) is 5.92 Å². The van der Waals surface area contributed by atoms with Gasteiger partial charge in [0.15, 0.2) is 0 Å². The zero-order valence-electron chi connectivity index (χ0n) is 17.9. The van der Waals surface area contributed by atoms with Gasteiger partial charge in [0.1, 0.15) is 5.66 Å². The van der Waals surface area contributed by atoms with E-state index < -0.39 is 15.7 Å². The second kappa shape index (κ2) is 8.12. The Hall–Kier alpha value is -1.84. The standard InChI is InChI=1S/C21H31N5O2S/c1-16(2)21(20-14-10-11-15-22-20)23-26(25(18(5)6)24(21)17(3)4)29(27,28)19-12-8-7-9-13-19/h7-18,23H,1-6H3. The second-order valence-electron chi connectivity index (χ2n) is 8.16. The van der Waals surface area contributed by atoms with Gasteiger partial charge in [-0.05, 0) is 62.4 Å². The number of aromatic nitrogens is 1. The molecule has 3 rings (SSSR count). The van der Waals surface area contributed by atoms with Crippen molar-refractivity contribution < 1.29 is 8.42 Å². The average Bonchev–Trinajstić information content (AvgIpc) is 3.08. The predicted octanol–water partition coefficient (Wildman–Crippen LogP) is 3.35. The smallest absolute Gasteiger partial charge is 0.258 e. The van der Waals surface area contributed by atoms with Crippen LogP contribution in [0.3, 0.4) is 0 Å². The first-order chi connectivity index (χ1) is 13.6. The fraction of sp³-hybridized carbons (Fsp3) is 0.476. The molecule has 0 aliphatic carbocycles. The van der Waals surface area contributed by atoms with Crippen molar-refractivity contribution in [3.8, 4) is 0 Å². The van der Waals surface area contributed by atoms with Crippen molar-refractivity contribution >= 4 is 10.0 Å². The summed E-state index contributed by atoms with van der Waals surface area (Å²) >= 11 is 0. The largest absolute Gasteiger partial charge is 0.270 e. The van der Waals surface area contributed by atoms with E-state index in [1.54, 1.807) is 30.5 Å². The van der Waals surface area contributed by atoms with Crippen LogP contribution in [-0.2, 0) is 15.7 Å². The zero-order valence-corrected chi connectivity index (χ0v) is 18.8. The maximum Gasteiger partial charge on any atom is 0.270 e. The number of rotatable bonds is 6. The molecule has 29 heavy (non-hydrogen) atoms. The van der Waals surface area contributed by atoms with Gasteiger partial charge in [0, 0.05) is 18.3 Å². The molecule has 1 aliphatic heterocycles. The van der Waals surface area contributed by atoms with Crippen LogP contribution in [0.4, 0.5) is 0 Å². The minimum atomic E-state index is -3.83. The predicted molar refractivity (Wildman–Crippen MR) is 113 cm³/mol. The minimum absolute atomic E-state index is 0.0188. The molecule has 7 nitrogen and oxygen atoms in total. The number of pyridine rings is 1. The van der Waals surface area contributed by atoms with Gasteiger partial charge in [-0.1, -0.05) is 38.1 Å². The molecule has 0 bridgehead atoms. The van der Waals surface area contributed by atoms with E-state index in [2.05, 4.69) is 43.1 Å². The summed E-state index contributed by atoms with van der Waals surface area (Å²) in [6.07, 6.45) is 1.74. The fourth-order valence-corrected chi connectivity index (χ4v) is 5.36. The molecule has 1 N–H and O–H groups in total. The first-order valence-electron chi connectivity index (χ1n) is 10.0. The lowest BCUT2D eigenvalue weighted by atomic mass is 9.90. The third-order valence-corrected chi connectivity index (χ3v) is 6.73. The van der Waals surface area contributed by atoms with Crippen LogP contribution in [-0.4, -0.2) is 40.1 Å². The SMILES string of the molecule is CC(C)N1N(C(C)C)C(c2ccccn2)(C(C)C)NN1S(=O)(=O)c1ccccc1. The first kappa shape index (κ1) is 21.9. The van der Waals surface area contributed by atoms with Gasteiger partial charge in [0.25, 0.3) is 10.0 Å². The van der Waals surface area contributed by atoms with Crippen molar-refractivity contribution in [1.82, 2.24) is 25.1 Å². The van der Waals surface area contributed by atoms with Crippen LogP contribution in [0.1, 0.15) is 47.2 Å². The summed E-state index contributed by atoms with van der Waals surface area (Å²) in [5.41, 5.74) is 3.32. The molecule has 1 atom stereocenters. The van der Waals surface area contributed by atoms with E-state index in [-0.39, 0.29) is 22.9 Å². The monoisotopic (exact) mass is 417 g/mol. The summed E-state index contributed by atoms with van der Waals surface area (Å²) in [5.74, 6) is 0.0250. The summed E-state index contributed by atoms with van der Waals surface area (Å²) < 4.78 is 28.6. The summed E-state index contributed by atoms with van der Waals surface area (Å²) in [5, 5.41) is 3.91. The first-order valence-corrected chi connectivity index (χ1v) is 11.5. The molecule has 8 heteroatoms. The molecular weight excluding hydrogens is 386 g/mol. The minimum Gasteiger partial charge on any atom is -0.258 e. The number of hydrazine groups is 3. The van der Waals surface area contributed by atoms with Crippen LogP contribution in [0.15, 0.2) is 59.6 Å². The van der Waals surface area contributed by atoms with Crippen LogP contribution in [0.25, 0.3) is 0 Å². The van der Waals surface area contributed by atoms with E-state index >= 15 is 0 Å². The fourth-order valence-electron chi connectivity index (χ4n) is 3.91. The Bertz CT molecular complexity index is 919. The molecule has 1 fully saturated rings. The number of sulfonamides is 1. The van der Waals surface area contributed by atoms with Gasteiger partial charge in [-0.15, -0.1) is 5.12 Å². The zero-order chi connectivity index (χ0) is 21.4. The third-order valence-electron chi connectivity index (χ3n) is 5.15. The Morgan fingerprint density at radius 1 is 0.897 bits per heavy atom. The van der Waals surface area contributed by atoms with Crippen molar-refractivity contribution in [1.29, 1.82) is 0 Å². The Morgan fingerprint density at radius 2 is 1.52 bits per heavy atom. The van der Waals surface area contributed by atoms with Crippen LogP contribution >= 0.6 is 0 Å². The number of benzene rings is 1. The Labute approximate surface area is 174 Å². The highest BCUT2D eigenvalue weighted by Gasteiger charge is 2.58. The lowest BCUT2D eigenvalue weighted by Gasteiger charge is -2.45.